The summed E-state index contributed by atoms with van der Waals surface area (Å²) in [7, 11) is 3.21. The van der Waals surface area contributed by atoms with Crippen LogP contribution < -0.4 is 9.47 Å². The van der Waals surface area contributed by atoms with Crippen molar-refractivity contribution in [3.8, 4) is 17.2 Å². The second kappa shape index (κ2) is 7.75. The van der Waals surface area contributed by atoms with Gasteiger partial charge in [-0.15, -0.1) is 0 Å². The molecule has 31 heavy (non-hydrogen) atoms. The fraction of sp³-hybridized carbons (Fsp3) is 0.273. The summed E-state index contributed by atoms with van der Waals surface area (Å²) in [6.45, 7) is 0.646. The van der Waals surface area contributed by atoms with Crippen molar-refractivity contribution in [2.24, 2.45) is 0 Å². The molecule has 4 aromatic rings. The number of fused-ring (bicyclic) bond motifs is 1. The molecule has 1 saturated heterocycles. The molecule has 9 heteroatoms. The highest BCUT2D eigenvalue weighted by atomic mass is 16.5. The predicted molar refractivity (Wildman–Crippen MR) is 114 cm³/mol. The molecular formula is C22H22N6O3. The summed E-state index contributed by atoms with van der Waals surface area (Å²) in [5.74, 6) is 2.02. The molecule has 2 aromatic carbocycles. The van der Waals surface area contributed by atoms with E-state index < -0.39 is 0 Å². The van der Waals surface area contributed by atoms with Crippen LogP contribution in [0.5, 0.6) is 11.5 Å². The summed E-state index contributed by atoms with van der Waals surface area (Å²) in [5.41, 5.74) is 2.82. The Morgan fingerprint density at radius 2 is 1.81 bits per heavy atom. The van der Waals surface area contributed by atoms with Crippen molar-refractivity contribution in [2.75, 3.05) is 20.8 Å². The van der Waals surface area contributed by atoms with E-state index in [0.29, 0.717) is 23.5 Å². The van der Waals surface area contributed by atoms with Crippen LogP contribution >= 0.6 is 0 Å². The molecule has 1 aliphatic heterocycles. The lowest BCUT2D eigenvalue weighted by molar-refractivity contribution is 0.0730. The molecule has 9 nitrogen and oxygen atoms in total. The molecule has 3 heterocycles. The third-order valence-corrected chi connectivity index (χ3v) is 5.61. The van der Waals surface area contributed by atoms with Gasteiger partial charge in [0.2, 0.25) is 0 Å². The molecule has 0 spiro atoms. The number of hydrogen-bond donors (Lipinski definition) is 1. The topological polar surface area (TPSA) is 98.2 Å². The number of imidazole rings is 1. The van der Waals surface area contributed by atoms with Gasteiger partial charge in [0.25, 0.3) is 5.91 Å². The Labute approximate surface area is 178 Å². The lowest BCUT2D eigenvalue weighted by Crippen LogP contribution is -2.32. The molecule has 0 aliphatic carbocycles. The number of amides is 1. The van der Waals surface area contributed by atoms with Crippen molar-refractivity contribution in [1.29, 1.82) is 0 Å². The maximum absolute atomic E-state index is 13.7. The zero-order chi connectivity index (χ0) is 21.4. The number of aromatic amines is 1. The number of nitrogens with zero attached hydrogens (tertiary/aromatic N) is 5. The van der Waals surface area contributed by atoms with Crippen LogP contribution in [0.1, 0.15) is 35.1 Å². The van der Waals surface area contributed by atoms with Crippen LogP contribution in [0.25, 0.3) is 16.7 Å². The second-order valence-corrected chi connectivity index (χ2v) is 7.36. The van der Waals surface area contributed by atoms with Crippen LogP contribution in [0.2, 0.25) is 0 Å². The minimum Gasteiger partial charge on any atom is -0.497 e. The molecule has 1 unspecified atom stereocenters. The molecule has 158 valence electrons. The number of nitrogens with one attached hydrogen (secondary N) is 1. The van der Waals surface area contributed by atoms with Crippen LogP contribution in [0.15, 0.2) is 48.8 Å². The van der Waals surface area contributed by atoms with Crippen molar-refractivity contribution in [3.05, 3.63) is 60.2 Å². The Morgan fingerprint density at radius 3 is 2.58 bits per heavy atom. The van der Waals surface area contributed by atoms with E-state index in [4.69, 9.17) is 14.5 Å². The first-order valence-electron chi connectivity index (χ1n) is 10.1. The number of hydrogen-bond acceptors (Lipinski definition) is 6. The fourth-order valence-electron chi connectivity index (χ4n) is 4.07. The molecule has 1 amide bonds. The van der Waals surface area contributed by atoms with Crippen LogP contribution in [0.4, 0.5) is 0 Å². The SMILES string of the molecule is COc1ccc(-n2nccn2)c(C(=O)N2CCCC2c2nc3cc(OC)ccc3[nH]2)c1. The first-order valence-corrected chi connectivity index (χ1v) is 10.1. The van der Waals surface area contributed by atoms with Crippen molar-refractivity contribution < 1.29 is 14.3 Å². The third kappa shape index (κ3) is 3.37. The van der Waals surface area contributed by atoms with Gasteiger partial charge in [-0.3, -0.25) is 4.79 Å². The van der Waals surface area contributed by atoms with E-state index in [1.165, 1.54) is 4.80 Å². The van der Waals surface area contributed by atoms with Gasteiger partial charge in [-0.25, -0.2) is 4.98 Å². The van der Waals surface area contributed by atoms with Gasteiger partial charge in [-0.05, 0) is 43.2 Å². The Balaban J connectivity index is 1.52. The molecule has 0 saturated carbocycles. The summed E-state index contributed by atoms with van der Waals surface area (Å²) in [6.07, 6.45) is 4.90. The first kappa shape index (κ1) is 19.1. The lowest BCUT2D eigenvalue weighted by Gasteiger charge is -2.24. The van der Waals surface area contributed by atoms with E-state index >= 15 is 0 Å². The number of rotatable bonds is 5. The Morgan fingerprint density at radius 1 is 1.06 bits per heavy atom. The largest absolute Gasteiger partial charge is 0.497 e. The van der Waals surface area contributed by atoms with Crippen molar-refractivity contribution in [3.63, 3.8) is 0 Å². The molecular weight excluding hydrogens is 396 g/mol. The van der Waals surface area contributed by atoms with Gasteiger partial charge in [0.15, 0.2) is 0 Å². The van der Waals surface area contributed by atoms with E-state index in [2.05, 4.69) is 15.2 Å². The smallest absolute Gasteiger partial charge is 0.256 e. The first-order chi connectivity index (χ1) is 15.2. The number of methoxy groups -OCH3 is 2. The van der Waals surface area contributed by atoms with Gasteiger partial charge in [0, 0.05) is 12.6 Å². The van der Waals surface area contributed by atoms with Crippen LogP contribution in [-0.4, -0.2) is 56.5 Å². The third-order valence-electron chi connectivity index (χ3n) is 5.61. The van der Waals surface area contributed by atoms with Crippen molar-refractivity contribution in [2.45, 2.75) is 18.9 Å². The highest BCUT2D eigenvalue weighted by Gasteiger charge is 2.34. The lowest BCUT2D eigenvalue weighted by atomic mass is 10.1. The standard InChI is InChI=1S/C22H22N6O3/c1-30-14-6-8-19(28-23-9-10-24-28)16(12-14)22(29)27-11-3-4-20(27)21-25-17-7-5-15(31-2)13-18(17)26-21/h5-10,12-13,20H,3-4,11H2,1-2H3,(H,25,26). The normalized spacial score (nSPS) is 16.1. The number of likely N-dealkylation sites (tertiary alicyclic amines) is 1. The average molecular weight is 418 g/mol. The van der Waals surface area contributed by atoms with Crippen LogP contribution in [-0.2, 0) is 0 Å². The molecule has 0 radical (unpaired) electrons. The molecule has 1 atom stereocenters. The molecule has 0 bridgehead atoms. The van der Waals surface area contributed by atoms with Gasteiger partial charge in [0.1, 0.15) is 17.3 Å². The summed E-state index contributed by atoms with van der Waals surface area (Å²) in [5, 5.41) is 8.40. The van der Waals surface area contributed by atoms with Crippen molar-refractivity contribution in [1.82, 2.24) is 29.9 Å². The van der Waals surface area contributed by atoms with E-state index in [9.17, 15) is 4.79 Å². The number of aromatic nitrogens is 5. The highest BCUT2D eigenvalue weighted by molar-refractivity contribution is 5.98. The van der Waals surface area contributed by atoms with E-state index in [0.717, 1.165) is 35.4 Å². The number of benzene rings is 2. The maximum Gasteiger partial charge on any atom is 0.256 e. The summed E-state index contributed by atoms with van der Waals surface area (Å²) in [4.78, 5) is 25.1. The second-order valence-electron chi connectivity index (χ2n) is 7.36. The maximum atomic E-state index is 13.7. The summed E-state index contributed by atoms with van der Waals surface area (Å²) >= 11 is 0. The van der Waals surface area contributed by atoms with Crippen LogP contribution in [0.3, 0.4) is 0 Å². The number of carbonyl (C=O) groups excluding carboxylic acids is 1. The van der Waals surface area contributed by atoms with Gasteiger partial charge in [-0.2, -0.15) is 15.0 Å². The van der Waals surface area contributed by atoms with E-state index in [-0.39, 0.29) is 11.9 Å². The van der Waals surface area contributed by atoms with Gasteiger partial charge in [-0.1, -0.05) is 0 Å². The summed E-state index contributed by atoms with van der Waals surface area (Å²) < 4.78 is 10.7. The number of carbonyl (C=O) groups is 1. The fourth-order valence-corrected chi connectivity index (χ4v) is 4.07. The Hall–Kier alpha value is -3.88. The minimum atomic E-state index is -0.143. The molecule has 5 rings (SSSR count). The van der Waals surface area contributed by atoms with Crippen molar-refractivity contribution >= 4 is 16.9 Å². The molecule has 2 aromatic heterocycles. The molecule has 1 N–H and O–H groups in total. The van der Waals surface area contributed by atoms with Gasteiger partial charge < -0.3 is 19.4 Å². The summed E-state index contributed by atoms with van der Waals surface area (Å²) in [6, 6.07) is 10.9. The highest BCUT2D eigenvalue weighted by Crippen LogP contribution is 2.34. The molecule has 1 fully saturated rings. The zero-order valence-corrected chi connectivity index (χ0v) is 17.3. The Bertz CT molecular complexity index is 1230. The quantitative estimate of drug-likeness (QED) is 0.535. The predicted octanol–water partition coefficient (Wildman–Crippen LogP) is 3.14. The monoisotopic (exact) mass is 418 g/mol. The van der Waals surface area contributed by atoms with Gasteiger partial charge in [0.05, 0.1) is 54.9 Å². The number of H-pyrrole nitrogens is 1. The Kier molecular flexibility index (Phi) is 4.78. The zero-order valence-electron chi connectivity index (χ0n) is 17.3. The minimum absolute atomic E-state index is 0.105. The molecule has 1 aliphatic rings. The number of ether oxygens (including phenoxy) is 2. The van der Waals surface area contributed by atoms with Crippen LogP contribution in [0, 0.1) is 0 Å². The average Bonchev–Trinajstić information content (AvgIpc) is 3.57. The van der Waals surface area contributed by atoms with E-state index in [1.54, 1.807) is 44.8 Å². The van der Waals surface area contributed by atoms with E-state index in [1.807, 2.05) is 23.1 Å². The van der Waals surface area contributed by atoms with Gasteiger partial charge >= 0.3 is 0 Å².